The van der Waals surface area contributed by atoms with Gasteiger partial charge in [-0.3, -0.25) is 0 Å². The molecule has 2 rings (SSSR count). The van der Waals surface area contributed by atoms with Crippen LogP contribution < -0.4 is 14.2 Å². The third kappa shape index (κ3) is 1.67. The summed E-state index contributed by atoms with van der Waals surface area (Å²) in [4.78, 5) is 0. The maximum Gasteiger partial charge on any atom is 0.171 e. The molecule has 0 amide bonds. The molecule has 0 aliphatic carbocycles. The Hall–Kier alpha value is -1.49. The largest absolute Gasteiger partial charge is 0.493 e. The van der Waals surface area contributed by atoms with Gasteiger partial charge in [0.25, 0.3) is 0 Å². The normalized spacial score (nSPS) is 15.8. The Bertz CT molecular complexity index is 403. The van der Waals surface area contributed by atoms with Gasteiger partial charge in [0.05, 0.1) is 18.8 Å². The highest BCUT2D eigenvalue weighted by Crippen LogP contribution is 2.44. The molecule has 0 radical (unpaired) electrons. The van der Waals surface area contributed by atoms with E-state index in [1.807, 2.05) is 0 Å². The average Bonchev–Trinajstić information content (AvgIpc) is 2.26. The standard InChI is InChI=1S/C11H13FO4/c1-6(13)9-10(14-2)7(12)5-8-11(9)16-4-3-15-8/h5-6,13H,3-4H2,1-2H3. The number of hydrogen-bond acceptors (Lipinski definition) is 4. The van der Waals surface area contributed by atoms with Gasteiger partial charge in [-0.2, -0.15) is 0 Å². The Labute approximate surface area is 92.6 Å². The highest BCUT2D eigenvalue weighted by molar-refractivity contribution is 5.56. The van der Waals surface area contributed by atoms with E-state index in [0.717, 1.165) is 0 Å². The Morgan fingerprint density at radius 1 is 1.44 bits per heavy atom. The third-order valence-corrected chi connectivity index (χ3v) is 2.40. The number of halogens is 1. The van der Waals surface area contributed by atoms with Crippen molar-refractivity contribution in [3.05, 3.63) is 17.4 Å². The van der Waals surface area contributed by atoms with Crippen LogP contribution in [-0.4, -0.2) is 25.4 Å². The lowest BCUT2D eigenvalue weighted by molar-refractivity contribution is 0.148. The first kappa shape index (κ1) is 11.0. The Balaban J connectivity index is 2.64. The van der Waals surface area contributed by atoms with E-state index >= 15 is 0 Å². The number of ether oxygens (including phenoxy) is 3. The van der Waals surface area contributed by atoms with Crippen molar-refractivity contribution in [3.63, 3.8) is 0 Å². The lowest BCUT2D eigenvalue weighted by Gasteiger charge is -2.24. The van der Waals surface area contributed by atoms with E-state index < -0.39 is 11.9 Å². The molecule has 1 aliphatic rings. The maximum absolute atomic E-state index is 13.6. The van der Waals surface area contributed by atoms with Crippen molar-refractivity contribution in [3.8, 4) is 17.2 Å². The zero-order valence-corrected chi connectivity index (χ0v) is 9.12. The number of aliphatic hydroxyl groups is 1. The molecule has 0 fully saturated rings. The van der Waals surface area contributed by atoms with Gasteiger partial charge in [-0.1, -0.05) is 0 Å². The van der Waals surface area contributed by atoms with Crippen LogP contribution in [0.2, 0.25) is 0 Å². The highest BCUT2D eigenvalue weighted by Gasteiger charge is 2.26. The predicted molar refractivity (Wildman–Crippen MR) is 54.6 cm³/mol. The van der Waals surface area contributed by atoms with E-state index in [4.69, 9.17) is 14.2 Å². The Morgan fingerprint density at radius 2 is 2.12 bits per heavy atom. The van der Waals surface area contributed by atoms with Crippen molar-refractivity contribution in [2.45, 2.75) is 13.0 Å². The number of aliphatic hydroxyl groups excluding tert-OH is 1. The third-order valence-electron chi connectivity index (χ3n) is 2.40. The van der Waals surface area contributed by atoms with Gasteiger partial charge in [-0.15, -0.1) is 0 Å². The zero-order valence-electron chi connectivity index (χ0n) is 9.12. The summed E-state index contributed by atoms with van der Waals surface area (Å²) >= 11 is 0. The monoisotopic (exact) mass is 228 g/mol. The van der Waals surface area contributed by atoms with Crippen LogP contribution >= 0.6 is 0 Å². The first-order valence-electron chi connectivity index (χ1n) is 4.99. The second-order valence-electron chi connectivity index (χ2n) is 3.51. The van der Waals surface area contributed by atoms with Crippen LogP contribution in [0.15, 0.2) is 6.07 Å². The number of fused-ring (bicyclic) bond motifs is 1. The molecule has 1 atom stereocenters. The van der Waals surface area contributed by atoms with Gasteiger partial charge >= 0.3 is 0 Å². The average molecular weight is 228 g/mol. The van der Waals surface area contributed by atoms with Gasteiger partial charge in [0.1, 0.15) is 13.2 Å². The van der Waals surface area contributed by atoms with Crippen molar-refractivity contribution >= 4 is 0 Å². The van der Waals surface area contributed by atoms with Crippen LogP contribution in [0, 0.1) is 5.82 Å². The molecule has 1 unspecified atom stereocenters. The van der Waals surface area contributed by atoms with E-state index in [1.165, 1.54) is 20.1 Å². The van der Waals surface area contributed by atoms with Gasteiger partial charge in [-0.05, 0) is 6.92 Å². The first-order valence-corrected chi connectivity index (χ1v) is 4.99. The molecular formula is C11H13FO4. The summed E-state index contributed by atoms with van der Waals surface area (Å²) < 4.78 is 29.2. The fraction of sp³-hybridized carbons (Fsp3) is 0.455. The Morgan fingerprint density at radius 3 is 2.75 bits per heavy atom. The number of benzene rings is 1. The van der Waals surface area contributed by atoms with E-state index in [9.17, 15) is 9.50 Å². The molecule has 16 heavy (non-hydrogen) atoms. The minimum atomic E-state index is -0.888. The van der Waals surface area contributed by atoms with Gasteiger partial charge < -0.3 is 19.3 Å². The molecule has 0 saturated heterocycles. The lowest BCUT2D eigenvalue weighted by Crippen LogP contribution is -2.18. The molecule has 0 bridgehead atoms. The number of rotatable bonds is 2. The minimum Gasteiger partial charge on any atom is -0.493 e. The van der Waals surface area contributed by atoms with Crippen molar-refractivity contribution in [2.75, 3.05) is 20.3 Å². The molecule has 0 aromatic heterocycles. The maximum atomic E-state index is 13.6. The van der Waals surface area contributed by atoms with Gasteiger partial charge in [0, 0.05) is 6.07 Å². The van der Waals surface area contributed by atoms with Crippen LogP contribution in [0.5, 0.6) is 17.2 Å². The molecule has 0 spiro atoms. The van der Waals surface area contributed by atoms with Crippen LogP contribution in [0.4, 0.5) is 4.39 Å². The summed E-state index contributed by atoms with van der Waals surface area (Å²) in [6.45, 7) is 2.27. The topological polar surface area (TPSA) is 47.9 Å². The first-order chi connectivity index (χ1) is 7.65. The molecule has 1 heterocycles. The van der Waals surface area contributed by atoms with Crippen molar-refractivity contribution in [1.29, 1.82) is 0 Å². The number of methoxy groups -OCH3 is 1. The highest BCUT2D eigenvalue weighted by atomic mass is 19.1. The summed E-state index contributed by atoms with van der Waals surface area (Å²) in [6, 6.07) is 1.21. The zero-order chi connectivity index (χ0) is 11.7. The lowest BCUT2D eigenvalue weighted by atomic mass is 10.1. The van der Waals surface area contributed by atoms with E-state index in [1.54, 1.807) is 0 Å². The minimum absolute atomic E-state index is 0.000694. The van der Waals surface area contributed by atoms with Crippen LogP contribution in [0.1, 0.15) is 18.6 Å². The SMILES string of the molecule is COc1c(F)cc2c(c1C(C)O)OCCO2. The summed E-state index contributed by atoms with van der Waals surface area (Å²) in [7, 11) is 1.35. The molecular weight excluding hydrogens is 215 g/mol. The van der Waals surface area contributed by atoms with Crippen molar-refractivity contribution in [2.24, 2.45) is 0 Å². The van der Waals surface area contributed by atoms with Crippen molar-refractivity contribution < 1.29 is 23.7 Å². The summed E-state index contributed by atoms with van der Waals surface area (Å²) in [5.74, 6) is 0.0989. The number of hydrogen-bond donors (Lipinski definition) is 1. The second-order valence-corrected chi connectivity index (χ2v) is 3.51. The second kappa shape index (κ2) is 4.17. The van der Waals surface area contributed by atoms with Crippen LogP contribution in [-0.2, 0) is 0 Å². The molecule has 0 saturated carbocycles. The molecule has 4 nitrogen and oxygen atoms in total. The molecule has 1 N–H and O–H groups in total. The molecule has 1 aromatic rings. The molecule has 88 valence electrons. The van der Waals surface area contributed by atoms with E-state index in [0.29, 0.717) is 24.7 Å². The van der Waals surface area contributed by atoms with E-state index in [-0.39, 0.29) is 11.3 Å². The quantitative estimate of drug-likeness (QED) is 0.836. The van der Waals surface area contributed by atoms with Gasteiger partial charge in [0.2, 0.25) is 0 Å². The Kier molecular flexibility index (Phi) is 2.87. The summed E-state index contributed by atoms with van der Waals surface area (Å²) in [6.07, 6.45) is -0.888. The van der Waals surface area contributed by atoms with Crippen LogP contribution in [0.25, 0.3) is 0 Å². The van der Waals surface area contributed by atoms with Crippen molar-refractivity contribution in [1.82, 2.24) is 0 Å². The van der Waals surface area contributed by atoms with Gasteiger partial charge in [-0.25, -0.2) is 4.39 Å². The van der Waals surface area contributed by atoms with Gasteiger partial charge in [0.15, 0.2) is 23.1 Å². The molecule has 1 aromatic carbocycles. The fourth-order valence-electron chi connectivity index (χ4n) is 1.75. The molecule has 5 heteroatoms. The fourth-order valence-corrected chi connectivity index (χ4v) is 1.75. The smallest absolute Gasteiger partial charge is 0.171 e. The summed E-state index contributed by atoms with van der Waals surface area (Å²) in [5, 5.41) is 9.63. The molecule has 1 aliphatic heterocycles. The van der Waals surface area contributed by atoms with Crippen LogP contribution in [0.3, 0.4) is 0 Å². The van der Waals surface area contributed by atoms with E-state index in [2.05, 4.69) is 0 Å². The summed E-state index contributed by atoms with van der Waals surface area (Å²) in [5.41, 5.74) is 0.289. The predicted octanol–water partition coefficient (Wildman–Crippen LogP) is 1.66.